The molecule has 2 atom stereocenters. The van der Waals surface area contributed by atoms with Gasteiger partial charge in [0.1, 0.15) is 0 Å². The van der Waals surface area contributed by atoms with Crippen LogP contribution in [0.3, 0.4) is 0 Å². The molecule has 0 bridgehead atoms. The molecule has 17 heavy (non-hydrogen) atoms. The zero-order valence-electron chi connectivity index (χ0n) is 9.93. The zero-order valence-corrected chi connectivity index (χ0v) is 9.93. The molecule has 0 aromatic heterocycles. The van der Waals surface area contributed by atoms with Gasteiger partial charge in [-0.25, -0.2) is 0 Å². The number of hydrogen-bond acceptors (Lipinski definition) is 3. The smallest absolute Gasteiger partial charge is 0.308 e. The first-order valence-electron chi connectivity index (χ1n) is 6.29. The molecule has 0 aromatic rings. The molecule has 2 aliphatic heterocycles. The molecule has 2 fully saturated rings. The third-order valence-corrected chi connectivity index (χ3v) is 3.57. The number of likely N-dealkylation sites (tertiary alicyclic amines) is 1. The maximum Gasteiger partial charge on any atom is 0.308 e. The molecule has 96 valence electrons. The van der Waals surface area contributed by atoms with E-state index in [4.69, 9.17) is 9.84 Å². The van der Waals surface area contributed by atoms with Crippen molar-refractivity contribution in [1.82, 2.24) is 4.90 Å². The molecule has 0 aliphatic carbocycles. The average molecular weight is 241 g/mol. The van der Waals surface area contributed by atoms with Crippen LogP contribution in [0, 0.1) is 5.92 Å². The molecule has 5 nitrogen and oxygen atoms in total. The van der Waals surface area contributed by atoms with Crippen LogP contribution in [0.25, 0.3) is 0 Å². The minimum Gasteiger partial charge on any atom is -0.481 e. The van der Waals surface area contributed by atoms with Crippen LogP contribution in [0.5, 0.6) is 0 Å². The minimum atomic E-state index is -0.797. The normalized spacial score (nSPS) is 29.3. The molecule has 2 heterocycles. The molecule has 2 saturated heterocycles. The van der Waals surface area contributed by atoms with E-state index in [2.05, 4.69) is 0 Å². The quantitative estimate of drug-likeness (QED) is 0.796. The number of carbonyl (C=O) groups excluding carboxylic acids is 1. The second kappa shape index (κ2) is 5.49. The molecule has 1 N–H and O–H groups in total. The maximum atomic E-state index is 11.9. The fourth-order valence-electron chi connectivity index (χ4n) is 2.48. The Balaban J connectivity index is 1.78. The average Bonchev–Trinajstić information content (AvgIpc) is 2.79. The SMILES string of the molecule is O=C(O)[C@@H]1CCN(C(=O)C[C@@H]2CCCCO2)C1. The summed E-state index contributed by atoms with van der Waals surface area (Å²) in [5, 5.41) is 8.87. The number of carboxylic acids is 1. The molecule has 0 radical (unpaired) electrons. The molecule has 0 aromatic carbocycles. The van der Waals surface area contributed by atoms with Crippen LogP contribution < -0.4 is 0 Å². The summed E-state index contributed by atoms with van der Waals surface area (Å²) in [7, 11) is 0. The lowest BCUT2D eigenvalue weighted by Gasteiger charge is -2.24. The Hall–Kier alpha value is -1.10. The summed E-state index contributed by atoms with van der Waals surface area (Å²) >= 11 is 0. The first kappa shape index (κ1) is 12.4. The Morgan fingerprint density at radius 1 is 1.29 bits per heavy atom. The summed E-state index contributed by atoms with van der Waals surface area (Å²) in [4.78, 5) is 24.4. The minimum absolute atomic E-state index is 0.0418. The molecular formula is C12H19NO4. The fourth-order valence-corrected chi connectivity index (χ4v) is 2.48. The van der Waals surface area contributed by atoms with Crippen molar-refractivity contribution in [2.75, 3.05) is 19.7 Å². The lowest BCUT2D eigenvalue weighted by molar-refractivity contribution is -0.141. The topological polar surface area (TPSA) is 66.8 Å². The maximum absolute atomic E-state index is 11.9. The number of amides is 1. The first-order valence-corrected chi connectivity index (χ1v) is 6.29. The monoisotopic (exact) mass is 241 g/mol. The van der Waals surface area contributed by atoms with Crippen LogP contribution in [0.1, 0.15) is 32.1 Å². The number of aliphatic carboxylic acids is 1. The Morgan fingerprint density at radius 2 is 2.12 bits per heavy atom. The Labute approximate surface area is 101 Å². The molecule has 2 aliphatic rings. The van der Waals surface area contributed by atoms with Gasteiger partial charge in [0.05, 0.1) is 18.4 Å². The highest BCUT2D eigenvalue weighted by atomic mass is 16.5. The van der Waals surface area contributed by atoms with E-state index in [0.29, 0.717) is 25.9 Å². The molecular weight excluding hydrogens is 222 g/mol. The number of carbonyl (C=O) groups is 2. The standard InChI is InChI=1S/C12H19NO4/c14-11(7-10-3-1-2-6-17-10)13-5-4-9(8-13)12(15)16/h9-10H,1-8H2,(H,15,16)/t9-,10+/m1/s1. The summed E-state index contributed by atoms with van der Waals surface area (Å²) in [6.07, 6.45) is 4.17. The fraction of sp³-hybridized carbons (Fsp3) is 0.833. The van der Waals surface area contributed by atoms with E-state index >= 15 is 0 Å². The van der Waals surface area contributed by atoms with Gasteiger partial charge in [0.15, 0.2) is 0 Å². The van der Waals surface area contributed by atoms with Crippen molar-refractivity contribution in [3.8, 4) is 0 Å². The number of hydrogen-bond donors (Lipinski definition) is 1. The van der Waals surface area contributed by atoms with Gasteiger partial charge in [-0.3, -0.25) is 9.59 Å². The summed E-state index contributed by atoms with van der Waals surface area (Å²) in [5.74, 6) is -1.14. The van der Waals surface area contributed by atoms with E-state index in [1.165, 1.54) is 0 Å². The highest BCUT2D eigenvalue weighted by molar-refractivity contribution is 5.79. The first-order chi connectivity index (χ1) is 8.16. The van der Waals surface area contributed by atoms with Gasteiger partial charge in [0.25, 0.3) is 0 Å². The zero-order chi connectivity index (χ0) is 12.3. The van der Waals surface area contributed by atoms with E-state index in [9.17, 15) is 9.59 Å². The van der Waals surface area contributed by atoms with Crippen LogP contribution in [0.4, 0.5) is 0 Å². The van der Waals surface area contributed by atoms with Crippen molar-refractivity contribution < 1.29 is 19.4 Å². The largest absolute Gasteiger partial charge is 0.481 e. The van der Waals surface area contributed by atoms with Crippen LogP contribution in [0.15, 0.2) is 0 Å². The van der Waals surface area contributed by atoms with Gasteiger partial charge in [-0.2, -0.15) is 0 Å². The van der Waals surface area contributed by atoms with Crippen molar-refractivity contribution in [2.45, 2.75) is 38.2 Å². The summed E-state index contributed by atoms with van der Waals surface area (Å²) < 4.78 is 5.52. The van der Waals surface area contributed by atoms with Crippen molar-refractivity contribution in [1.29, 1.82) is 0 Å². The lowest BCUT2D eigenvalue weighted by Crippen LogP contribution is -2.34. The summed E-state index contributed by atoms with van der Waals surface area (Å²) in [6.45, 7) is 1.68. The van der Waals surface area contributed by atoms with Gasteiger partial charge in [0, 0.05) is 19.7 Å². The van der Waals surface area contributed by atoms with Gasteiger partial charge in [-0.05, 0) is 25.7 Å². The Morgan fingerprint density at radius 3 is 2.71 bits per heavy atom. The highest BCUT2D eigenvalue weighted by Crippen LogP contribution is 2.20. The predicted octanol–water partition coefficient (Wildman–Crippen LogP) is 0.879. The van der Waals surface area contributed by atoms with Gasteiger partial charge in [-0.15, -0.1) is 0 Å². The van der Waals surface area contributed by atoms with Gasteiger partial charge < -0.3 is 14.7 Å². The molecule has 5 heteroatoms. The third-order valence-electron chi connectivity index (χ3n) is 3.57. The van der Waals surface area contributed by atoms with Crippen molar-refractivity contribution in [3.63, 3.8) is 0 Å². The second-order valence-corrected chi connectivity index (χ2v) is 4.86. The number of ether oxygens (including phenoxy) is 1. The molecule has 0 unspecified atom stereocenters. The molecule has 1 amide bonds. The Kier molecular flexibility index (Phi) is 3.99. The molecule has 0 spiro atoms. The molecule has 2 rings (SSSR count). The lowest BCUT2D eigenvalue weighted by atomic mass is 10.1. The van der Waals surface area contributed by atoms with Crippen LogP contribution in [0.2, 0.25) is 0 Å². The predicted molar refractivity (Wildman–Crippen MR) is 60.5 cm³/mol. The highest BCUT2D eigenvalue weighted by Gasteiger charge is 2.31. The van der Waals surface area contributed by atoms with Gasteiger partial charge in [0.2, 0.25) is 5.91 Å². The van der Waals surface area contributed by atoms with E-state index in [0.717, 1.165) is 25.9 Å². The Bertz CT molecular complexity index is 299. The van der Waals surface area contributed by atoms with Crippen molar-refractivity contribution in [3.05, 3.63) is 0 Å². The van der Waals surface area contributed by atoms with E-state index in [1.807, 2.05) is 0 Å². The molecule has 0 saturated carbocycles. The van der Waals surface area contributed by atoms with Gasteiger partial charge in [-0.1, -0.05) is 0 Å². The summed E-state index contributed by atoms with van der Waals surface area (Å²) in [5.41, 5.74) is 0. The van der Waals surface area contributed by atoms with Crippen LogP contribution in [-0.4, -0.2) is 47.7 Å². The van der Waals surface area contributed by atoms with Crippen molar-refractivity contribution >= 4 is 11.9 Å². The van der Waals surface area contributed by atoms with Gasteiger partial charge >= 0.3 is 5.97 Å². The number of rotatable bonds is 3. The van der Waals surface area contributed by atoms with Crippen LogP contribution in [-0.2, 0) is 14.3 Å². The number of carboxylic acid groups (broad SMARTS) is 1. The summed E-state index contributed by atoms with van der Waals surface area (Å²) in [6, 6.07) is 0. The van der Waals surface area contributed by atoms with E-state index in [1.54, 1.807) is 4.90 Å². The van der Waals surface area contributed by atoms with E-state index in [-0.39, 0.29) is 17.9 Å². The second-order valence-electron chi connectivity index (χ2n) is 4.86. The van der Waals surface area contributed by atoms with E-state index < -0.39 is 5.97 Å². The van der Waals surface area contributed by atoms with Crippen LogP contribution >= 0.6 is 0 Å². The van der Waals surface area contributed by atoms with Crippen molar-refractivity contribution in [2.24, 2.45) is 5.92 Å². The third kappa shape index (κ3) is 3.19. The number of nitrogens with zero attached hydrogens (tertiary/aromatic N) is 1.